The molecule has 2 atom stereocenters. The molecule has 0 spiro atoms. The van der Waals surface area contributed by atoms with E-state index in [9.17, 15) is 18.0 Å². The Kier molecular flexibility index (Phi) is 4.90. The van der Waals surface area contributed by atoms with Crippen molar-refractivity contribution in [2.24, 2.45) is 11.7 Å². The summed E-state index contributed by atoms with van der Waals surface area (Å²) in [4.78, 5) is 11.1. The summed E-state index contributed by atoms with van der Waals surface area (Å²) in [6.07, 6.45) is -5.27. The summed E-state index contributed by atoms with van der Waals surface area (Å²) in [7, 11) is 0. The average Bonchev–Trinajstić information content (AvgIpc) is 1.99. The van der Waals surface area contributed by atoms with E-state index >= 15 is 0 Å². The Hall–Kier alpha value is -0.780. The highest BCUT2D eigenvalue weighted by atomic mass is 19.4. The minimum Gasteiger partial charge on any atom is -0.353 e. The van der Waals surface area contributed by atoms with Crippen molar-refractivity contribution in [3.05, 3.63) is 0 Å². The fourth-order valence-corrected chi connectivity index (χ4v) is 0.890. The van der Waals surface area contributed by atoms with Crippen molar-refractivity contribution in [3.8, 4) is 0 Å². The summed E-state index contributed by atoms with van der Waals surface area (Å²) < 4.78 is 35.6. The fourth-order valence-electron chi connectivity index (χ4n) is 0.890. The molecule has 0 bridgehead atoms. The molecular weight excluding hydrogens is 197 g/mol. The number of nitrogens with one attached hydrogen (secondary N) is 1. The van der Waals surface area contributed by atoms with Crippen LogP contribution in [0.15, 0.2) is 0 Å². The first-order chi connectivity index (χ1) is 6.26. The quantitative estimate of drug-likeness (QED) is 0.731. The number of carbonyl (C=O) groups is 1. The number of hydrogen-bond acceptors (Lipinski definition) is 2. The number of alkyl halides is 3. The largest absolute Gasteiger partial charge is 0.391 e. The summed E-state index contributed by atoms with van der Waals surface area (Å²) in [5, 5.41) is 2.25. The van der Waals surface area contributed by atoms with Crippen molar-refractivity contribution in [1.82, 2.24) is 5.32 Å². The summed E-state index contributed by atoms with van der Waals surface area (Å²) in [6, 6.07) is -0.906. The van der Waals surface area contributed by atoms with Crippen LogP contribution in [0.25, 0.3) is 0 Å². The van der Waals surface area contributed by atoms with Crippen LogP contribution in [0.3, 0.4) is 0 Å². The van der Waals surface area contributed by atoms with E-state index in [-0.39, 0.29) is 6.54 Å². The topological polar surface area (TPSA) is 55.1 Å². The van der Waals surface area contributed by atoms with Gasteiger partial charge in [-0.3, -0.25) is 4.79 Å². The smallest absolute Gasteiger partial charge is 0.353 e. The van der Waals surface area contributed by atoms with Crippen molar-refractivity contribution >= 4 is 5.91 Å². The number of nitrogens with two attached hydrogens (primary N) is 1. The van der Waals surface area contributed by atoms with Crippen LogP contribution in [0, 0.1) is 5.92 Å². The zero-order chi connectivity index (χ0) is 11.4. The van der Waals surface area contributed by atoms with Gasteiger partial charge in [0.15, 0.2) is 0 Å². The Balaban J connectivity index is 3.95. The molecule has 0 heterocycles. The van der Waals surface area contributed by atoms with Gasteiger partial charge in [0.25, 0.3) is 0 Å². The van der Waals surface area contributed by atoms with Gasteiger partial charge in [-0.2, -0.15) is 13.2 Å². The highest BCUT2D eigenvalue weighted by Gasteiger charge is 2.30. The molecule has 0 rings (SSSR count). The molecule has 0 fully saturated rings. The number of amides is 1. The second-order valence-electron chi connectivity index (χ2n) is 3.37. The lowest BCUT2D eigenvalue weighted by Gasteiger charge is -2.17. The van der Waals surface area contributed by atoms with Crippen LogP contribution in [0.4, 0.5) is 13.2 Å². The zero-order valence-electron chi connectivity index (χ0n) is 8.19. The van der Waals surface area contributed by atoms with Gasteiger partial charge in [-0.1, -0.05) is 6.92 Å². The first-order valence-corrected chi connectivity index (χ1v) is 4.33. The Morgan fingerprint density at radius 2 is 1.93 bits per heavy atom. The monoisotopic (exact) mass is 212 g/mol. The third-order valence-electron chi connectivity index (χ3n) is 1.73. The van der Waals surface area contributed by atoms with Gasteiger partial charge in [0, 0.05) is 18.5 Å². The predicted octanol–water partition coefficient (Wildman–Crippen LogP) is 1.04. The van der Waals surface area contributed by atoms with E-state index in [4.69, 9.17) is 5.73 Å². The molecule has 3 N–H and O–H groups in total. The Bertz CT molecular complexity index is 194. The molecule has 1 amide bonds. The van der Waals surface area contributed by atoms with Crippen LogP contribution in [-0.2, 0) is 4.79 Å². The molecule has 14 heavy (non-hydrogen) atoms. The molecule has 0 aliphatic heterocycles. The minimum atomic E-state index is -4.25. The van der Waals surface area contributed by atoms with Crippen molar-refractivity contribution in [2.75, 3.05) is 6.54 Å². The third-order valence-corrected chi connectivity index (χ3v) is 1.73. The normalized spacial score (nSPS) is 16.1. The van der Waals surface area contributed by atoms with Crippen molar-refractivity contribution in [1.29, 1.82) is 0 Å². The highest BCUT2D eigenvalue weighted by molar-refractivity contribution is 5.78. The van der Waals surface area contributed by atoms with Gasteiger partial charge in [0.05, 0.1) is 6.42 Å². The van der Waals surface area contributed by atoms with Crippen LogP contribution in [0.5, 0.6) is 0 Å². The highest BCUT2D eigenvalue weighted by Crippen LogP contribution is 2.21. The molecule has 0 aliphatic rings. The molecule has 0 saturated carbocycles. The van der Waals surface area contributed by atoms with E-state index in [1.54, 1.807) is 6.92 Å². The van der Waals surface area contributed by atoms with Gasteiger partial charge >= 0.3 is 6.18 Å². The number of halogens is 3. The molecule has 0 saturated heterocycles. The van der Waals surface area contributed by atoms with E-state index in [1.807, 2.05) is 0 Å². The second-order valence-corrected chi connectivity index (χ2v) is 3.37. The van der Waals surface area contributed by atoms with E-state index in [0.29, 0.717) is 0 Å². The molecule has 0 radical (unpaired) electrons. The van der Waals surface area contributed by atoms with Crippen LogP contribution >= 0.6 is 0 Å². The van der Waals surface area contributed by atoms with E-state index in [0.717, 1.165) is 0 Å². The number of carbonyl (C=O) groups excluding carboxylic acids is 1. The van der Waals surface area contributed by atoms with Gasteiger partial charge in [-0.05, 0) is 6.92 Å². The molecule has 3 nitrogen and oxygen atoms in total. The Morgan fingerprint density at radius 1 is 1.43 bits per heavy atom. The van der Waals surface area contributed by atoms with E-state index < -0.39 is 30.5 Å². The molecule has 2 unspecified atom stereocenters. The average molecular weight is 212 g/mol. The molecule has 0 aromatic carbocycles. The Morgan fingerprint density at radius 3 is 2.29 bits per heavy atom. The lowest BCUT2D eigenvalue weighted by atomic mass is 10.1. The maximum atomic E-state index is 11.9. The number of rotatable bonds is 4. The molecule has 6 heteroatoms. The van der Waals surface area contributed by atoms with E-state index in [2.05, 4.69) is 5.32 Å². The lowest BCUT2D eigenvalue weighted by Crippen LogP contribution is -2.40. The van der Waals surface area contributed by atoms with Crippen molar-refractivity contribution < 1.29 is 18.0 Å². The first-order valence-electron chi connectivity index (χ1n) is 4.33. The van der Waals surface area contributed by atoms with Gasteiger partial charge in [-0.25, -0.2) is 0 Å². The van der Waals surface area contributed by atoms with Gasteiger partial charge in [-0.15, -0.1) is 0 Å². The maximum absolute atomic E-state index is 11.9. The summed E-state index contributed by atoms with van der Waals surface area (Å²) in [5.41, 5.74) is 5.19. The molecule has 84 valence electrons. The standard InChI is InChI=1S/C8H15F3N2O/c1-5(4-12)7(14)13-6(2)3-8(9,10)11/h5-6H,3-4,12H2,1-2H3,(H,13,14). The summed E-state index contributed by atoms with van der Waals surface area (Å²) >= 11 is 0. The van der Waals surface area contributed by atoms with Crippen molar-refractivity contribution in [3.63, 3.8) is 0 Å². The first kappa shape index (κ1) is 13.2. The lowest BCUT2D eigenvalue weighted by molar-refractivity contribution is -0.142. The summed E-state index contributed by atoms with van der Waals surface area (Å²) in [6.45, 7) is 3.01. The molecular formula is C8H15F3N2O. The van der Waals surface area contributed by atoms with E-state index in [1.165, 1.54) is 6.92 Å². The summed E-state index contributed by atoms with van der Waals surface area (Å²) in [5.74, 6) is -0.894. The van der Waals surface area contributed by atoms with Gasteiger partial charge in [0.2, 0.25) is 5.91 Å². The van der Waals surface area contributed by atoms with Gasteiger partial charge in [0.1, 0.15) is 0 Å². The molecule has 0 aromatic heterocycles. The predicted molar refractivity (Wildman–Crippen MR) is 46.5 cm³/mol. The van der Waals surface area contributed by atoms with Gasteiger partial charge < -0.3 is 11.1 Å². The maximum Gasteiger partial charge on any atom is 0.391 e. The van der Waals surface area contributed by atoms with Crippen molar-refractivity contribution in [2.45, 2.75) is 32.5 Å². The minimum absolute atomic E-state index is 0.130. The van der Waals surface area contributed by atoms with Crippen LogP contribution in [0.1, 0.15) is 20.3 Å². The third kappa shape index (κ3) is 5.80. The van der Waals surface area contributed by atoms with Crippen LogP contribution in [0.2, 0.25) is 0 Å². The number of hydrogen-bond donors (Lipinski definition) is 2. The SMILES string of the molecule is CC(CC(F)(F)F)NC(=O)C(C)CN. The van der Waals surface area contributed by atoms with Crippen LogP contribution < -0.4 is 11.1 Å². The second kappa shape index (κ2) is 5.19. The zero-order valence-corrected chi connectivity index (χ0v) is 8.19. The molecule has 0 aromatic rings. The molecule has 0 aliphatic carbocycles. The van der Waals surface area contributed by atoms with Crippen LogP contribution in [-0.4, -0.2) is 24.7 Å². The Labute approximate surface area is 80.8 Å². The fraction of sp³-hybridized carbons (Fsp3) is 0.875.